The van der Waals surface area contributed by atoms with Crippen molar-refractivity contribution in [2.75, 3.05) is 39.8 Å². The third-order valence-electron chi connectivity index (χ3n) is 4.95. The van der Waals surface area contributed by atoms with Gasteiger partial charge in [0, 0.05) is 13.1 Å². The first-order valence-corrected chi connectivity index (χ1v) is 8.26. The molecule has 4 nitrogen and oxygen atoms in total. The molecule has 2 aliphatic rings. The van der Waals surface area contributed by atoms with Crippen LogP contribution in [0.5, 0.6) is 0 Å². The van der Waals surface area contributed by atoms with Crippen LogP contribution in [0.3, 0.4) is 0 Å². The van der Waals surface area contributed by atoms with Gasteiger partial charge in [-0.05, 0) is 51.2 Å². The molecule has 0 aromatic rings. The summed E-state index contributed by atoms with van der Waals surface area (Å²) < 4.78 is 5.75. The van der Waals surface area contributed by atoms with Gasteiger partial charge in [0.1, 0.15) is 0 Å². The Morgan fingerprint density at radius 2 is 1.95 bits per heavy atom. The average molecular weight is 284 g/mol. The van der Waals surface area contributed by atoms with E-state index in [1.807, 2.05) is 0 Å². The van der Waals surface area contributed by atoms with Crippen LogP contribution in [0.25, 0.3) is 0 Å². The van der Waals surface area contributed by atoms with Crippen LogP contribution < -0.4 is 5.32 Å². The standard InChI is InChI=1S/C16H32N2O2/c1-16(7-9-18(2)10-8-16)13-17-11-14(19)12-20-15-5-3-4-6-15/h14-15,17,19H,3-13H2,1-2H3. The van der Waals surface area contributed by atoms with Gasteiger partial charge in [0.05, 0.1) is 18.8 Å². The molecule has 1 unspecified atom stereocenters. The van der Waals surface area contributed by atoms with E-state index >= 15 is 0 Å². The predicted octanol–water partition coefficient (Wildman–Crippen LogP) is 1.63. The molecule has 0 radical (unpaired) electrons. The molecule has 0 aromatic heterocycles. The van der Waals surface area contributed by atoms with Crippen molar-refractivity contribution in [1.82, 2.24) is 10.2 Å². The summed E-state index contributed by atoms with van der Waals surface area (Å²) in [6.45, 7) is 6.86. The third-order valence-corrected chi connectivity index (χ3v) is 4.95. The first kappa shape index (κ1) is 16.2. The molecule has 1 saturated heterocycles. The van der Waals surface area contributed by atoms with Crippen molar-refractivity contribution in [1.29, 1.82) is 0 Å². The van der Waals surface area contributed by atoms with E-state index in [0.717, 1.165) is 6.54 Å². The number of aliphatic hydroxyl groups excluding tert-OH is 1. The Hall–Kier alpha value is -0.160. The number of rotatable bonds is 7. The molecule has 1 atom stereocenters. The number of nitrogens with one attached hydrogen (secondary N) is 1. The molecule has 1 heterocycles. The Bertz CT molecular complexity index is 272. The molecule has 0 bridgehead atoms. The van der Waals surface area contributed by atoms with Crippen LogP contribution in [-0.2, 0) is 4.74 Å². The third kappa shape index (κ3) is 5.32. The minimum atomic E-state index is -0.370. The second-order valence-electron chi connectivity index (χ2n) is 7.14. The van der Waals surface area contributed by atoms with Gasteiger partial charge >= 0.3 is 0 Å². The molecule has 0 amide bonds. The van der Waals surface area contributed by atoms with Gasteiger partial charge in [-0.1, -0.05) is 19.8 Å². The van der Waals surface area contributed by atoms with Crippen LogP contribution in [0.4, 0.5) is 0 Å². The lowest BCUT2D eigenvalue weighted by atomic mass is 9.80. The van der Waals surface area contributed by atoms with E-state index in [4.69, 9.17) is 4.74 Å². The average Bonchev–Trinajstić information content (AvgIpc) is 2.93. The van der Waals surface area contributed by atoms with Crippen molar-refractivity contribution in [3.8, 4) is 0 Å². The van der Waals surface area contributed by atoms with E-state index < -0.39 is 0 Å². The number of piperidine rings is 1. The van der Waals surface area contributed by atoms with Crippen LogP contribution in [0, 0.1) is 5.41 Å². The van der Waals surface area contributed by atoms with Gasteiger partial charge < -0.3 is 20.1 Å². The fourth-order valence-electron chi connectivity index (χ4n) is 3.24. The molecule has 2 fully saturated rings. The van der Waals surface area contributed by atoms with Gasteiger partial charge in [0.2, 0.25) is 0 Å². The molecule has 2 rings (SSSR count). The summed E-state index contributed by atoms with van der Waals surface area (Å²) in [5.41, 5.74) is 0.387. The summed E-state index contributed by atoms with van der Waals surface area (Å²) in [6.07, 6.45) is 7.42. The fraction of sp³-hybridized carbons (Fsp3) is 1.00. The number of likely N-dealkylation sites (tertiary alicyclic amines) is 1. The minimum absolute atomic E-state index is 0.370. The Kier molecular flexibility index (Phi) is 6.27. The first-order valence-electron chi connectivity index (χ1n) is 8.26. The molecule has 2 N–H and O–H groups in total. The van der Waals surface area contributed by atoms with E-state index in [9.17, 15) is 5.11 Å². The maximum Gasteiger partial charge on any atom is 0.0897 e. The number of hydrogen-bond donors (Lipinski definition) is 2. The summed E-state index contributed by atoms with van der Waals surface area (Å²) >= 11 is 0. The zero-order valence-electron chi connectivity index (χ0n) is 13.2. The second-order valence-corrected chi connectivity index (χ2v) is 7.14. The van der Waals surface area contributed by atoms with Crippen LogP contribution in [0.2, 0.25) is 0 Å². The first-order chi connectivity index (χ1) is 9.57. The minimum Gasteiger partial charge on any atom is -0.389 e. The highest BCUT2D eigenvalue weighted by Gasteiger charge is 2.28. The lowest BCUT2D eigenvalue weighted by molar-refractivity contribution is -0.00660. The molecular weight excluding hydrogens is 252 g/mol. The van der Waals surface area contributed by atoms with E-state index in [-0.39, 0.29) is 6.10 Å². The van der Waals surface area contributed by atoms with Gasteiger partial charge in [-0.2, -0.15) is 0 Å². The van der Waals surface area contributed by atoms with Gasteiger partial charge in [-0.3, -0.25) is 0 Å². The number of ether oxygens (including phenoxy) is 1. The lowest BCUT2D eigenvalue weighted by Gasteiger charge is -2.38. The maximum atomic E-state index is 9.97. The van der Waals surface area contributed by atoms with Gasteiger partial charge in [-0.25, -0.2) is 0 Å². The molecule has 1 aliphatic carbocycles. The van der Waals surface area contributed by atoms with Crippen molar-refractivity contribution in [2.45, 2.75) is 57.7 Å². The van der Waals surface area contributed by atoms with Gasteiger partial charge in [0.15, 0.2) is 0 Å². The Morgan fingerprint density at radius 1 is 1.30 bits per heavy atom. The van der Waals surface area contributed by atoms with Crippen molar-refractivity contribution in [3.63, 3.8) is 0 Å². The van der Waals surface area contributed by atoms with E-state index in [1.165, 1.54) is 51.6 Å². The van der Waals surface area contributed by atoms with Crippen LogP contribution in [0.1, 0.15) is 45.4 Å². The number of aliphatic hydroxyl groups is 1. The topological polar surface area (TPSA) is 44.7 Å². The highest BCUT2D eigenvalue weighted by atomic mass is 16.5. The SMILES string of the molecule is CN1CCC(C)(CNCC(O)COC2CCCC2)CC1. The molecule has 118 valence electrons. The molecule has 1 saturated carbocycles. The lowest BCUT2D eigenvalue weighted by Crippen LogP contribution is -2.44. The second kappa shape index (κ2) is 7.74. The summed E-state index contributed by atoms with van der Waals surface area (Å²) in [6, 6.07) is 0. The van der Waals surface area contributed by atoms with Gasteiger partial charge in [-0.15, -0.1) is 0 Å². The largest absolute Gasteiger partial charge is 0.389 e. The smallest absolute Gasteiger partial charge is 0.0897 e. The van der Waals surface area contributed by atoms with Crippen molar-refractivity contribution < 1.29 is 9.84 Å². The number of hydrogen-bond acceptors (Lipinski definition) is 4. The Labute approximate surface area is 123 Å². The van der Waals surface area contributed by atoms with Crippen LogP contribution in [0.15, 0.2) is 0 Å². The molecule has 4 heteroatoms. The van der Waals surface area contributed by atoms with E-state index in [2.05, 4.69) is 24.2 Å². The number of nitrogens with zero attached hydrogens (tertiary/aromatic N) is 1. The van der Waals surface area contributed by atoms with Crippen molar-refractivity contribution in [2.24, 2.45) is 5.41 Å². The molecule has 1 aliphatic heterocycles. The van der Waals surface area contributed by atoms with Gasteiger partial charge in [0.25, 0.3) is 0 Å². The highest BCUT2D eigenvalue weighted by Crippen LogP contribution is 2.29. The summed E-state index contributed by atoms with van der Waals surface area (Å²) in [5.74, 6) is 0. The van der Waals surface area contributed by atoms with Crippen LogP contribution >= 0.6 is 0 Å². The zero-order valence-corrected chi connectivity index (χ0v) is 13.2. The summed E-state index contributed by atoms with van der Waals surface area (Å²) in [4.78, 5) is 2.39. The zero-order chi connectivity index (χ0) is 14.4. The normalized spacial score (nSPS) is 25.9. The van der Waals surface area contributed by atoms with Crippen molar-refractivity contribution in [3.05, 3.63) is 0 Å². The molecular formula is C16H32N2O2. The maximum absolute atomic E-state index is 9.97. The van der Waals surface area contributed by atoms with Crippen molar-refractivity contribution >= 4 is 0 Å². The monoisotopic (exact) mass is 284 g/mol. The quantitative estimate of drug-likeness (QED) is 0.746. The van der Waals surface area contributed by atoms with E-state index in [0.29, 0.717) is 24.7 Å². The molecule has 0 spiro atoms. The fourth-order valence-corrected chi connectivity index (χ4v) is 3.24. The summed E-state index contributed by atoms with van der Waals surface area (Å²) in [7, 11) is 2.19. The van der Waals surface area contributed by atoms with Crippen LogP contribution in [-0.4, -0.2) is 62.0 Å². The Balaban J connectivity index is 1.55. The highest BCUT2D eigenvalue weighted by molar-refractivity contribution is 4.83. The molecule has 20 heavy (non-hydrogen) atoms. The molecule has 0 aromatic carbocycles. The Morgan fingerprint density at radius 3 is 2.60 bits per heavy atom. The summed E-state index contributed by atoms with van der Waals surface area (Å²) in [5, 5.41) is 13.4. The van der Waals surface area contributed by atoms with E-state index in [1.54, 1.807) is 0 Å². The predicted molar refractivity (Wildman–Crippen MR) is 81.9 cm³/mol.